The van der Waals surface area contributed by atoms with Gasteiger partial charge in [-0.2, -0.15) is 0 Å². The van der Waals surface area contributed by atoms with Crippen molar-refractivity contribution >= 4 is 11.7 Å². The third-order valence-electron chi connectivity index (χ3n) is 9.65. The van der Waals surface area contributed by atoms with Crippen molar-refractivity contribution in [2.45, 2.75) is 77.2 Å². The zero-order valence-electron chi connectivity index (χ0n) is 22.3. The minimum absolute atomic E-state index is 0.0902. The lowest BCUT2D eigenvalue weighted by Gasteiger charge is -2.50. The molecule has 0 aromatic heterocycles. The molecule has 2 aromatic carbocycles. The highest BCUT2D eigenvalue weighted by molar-refractivity contribution is 5.87. The van der Waals surface area contributed by atoms with Crippen LogP contribution in [0.3, 0.4) is 0 Å². The molecule has 0 aliphatic heterocycles. The van der Waals surface area contributed by atoms with Crippen molar-refractivity contribution in [3.63, 3.8) is 0 Å². The van der Waals surface area contributed by atoms with Gasteiger partial charge in [-0.3, -0.25) is 9.59 Å². The van der Waals surface area contributed by atoms with E-state index in [2.05, 4.69) is 18.3 Å². The van der Waals surface area contributed by atoms with Gasteiger partial charge in [-0.25, -0.2) is 0 Å². The molecule has 3 unspecified atom stereocenters. The molecule has 2 N–H and O–H groups in total. The smallest absolute Gasteiger partial charge is 0.220 e. The van der Waals surface area contributed by atoms with Gasteiger partial charge in [0.05, 0.1) is 6.61 Å². The Morgan fingerprint density at radius 3 is 2.78 bits per heavy atom. The van der Waals surface area contributed by atoms with Crippen molar-refractivity contribution in [1.82, 2.24) is 5.32 Å². The Labute approximate surface area is 221 Å². The summed E-state index contributed by atoms with van der Waals surface area (Å²) in [4.78, 5) is 25.8. The molecule has 3 aliphatic rings. The second-order valence-corrected chi connectivity index (χ2v) is 11.8. The Balaban J connectivity index is 1.26. The first-order valence-electron chi connectivity index (χ1n) is 14.1. The number of benzene rings is 2. The zero-order valence-corrected chi connectivity index (χ0v) is 22.3. The highest BCUT2D eigenvalue weighted by Crippen LogP contribution is 2.62. The van der Waals surface area contributed by atoms with E-state index in [1.54, 1.807) is 7.11 Å². The lowest BCUT2D eigenvalue weighted by Crippen LogP contribution is -2.44. The predicted octanol–water partition coefficient (Wildman–Crippen LogP) is 5.72. The number of rotatable bonds is 9. The number of aromatic hydroxyl groups is 1. The summed E-state index contributed by atoms with van der Waals surface area (Å²) in [5, 5.41) is 13.6. The first-order chi connectivity index (χ1) is 17.9. The minimum Gasteiger partial charge on any atom is -0.508 e. The zero-order chi connectivity index (χ0) is 26.0. The number of methoxy groups -OCH3 is 1. The molecule has 3 aliphatic carbocycles. The van der Waals surface area contributed by atoms with Crippen LogP contribution in [0.1, 0.15) is 80.0 Å². The van der Waals surface area contributed by atoms with Gasteiger partial charge in [-0.05, 0) is 96.9 Å². The molecule has 0 heterocycles. The topological polar surface area (TPSA) is 75.6 Å². The Hall–Kier alpha value is -2.66. The van der Waals surface area contributed by atoms with Crippen LogP contribution in [-0.4, -0.2) is 30.5 Å². The van der Waals surface area contributed by atoms with E-state index >= 15 is 0 Å². The summed E-state index contributed by atoms with van der Waals surface area (Å²) in [6.07, 6.45) is 7.68. The summed E-state index contributed by atoms with van der Waals surface area (Å²) in [5.41, 5.74) is 4.52. The fourth-order valence-electron chi connectivity index (χ4n) is 7.80. The fourth-order valence-corrected chi connectivity index (χ4v) is 7.80. The number of ether oxygens (including phenoxy) is 1. The molecule has 5 rings (SSSR count). The number of phenolic OH excluding ortho intramolecular Hbond substituents is 1. The number of Topliss-reactive ketones (excluding diaryl/α,β-unsaturated/α-hetero) is 1. The van der Waals surface area contributed by atoms with Gasteiger partial charge >= 0.3 is 0 Å². The van der Waals surface area contributed by atoms with Gasteiger partial charge in [-0.15, -0.1) is 0 Å². The first-order valence-corrected chi connectivity index (χ1v) is 14.1. The molecule has 0 radical (unpaired) electrons. The van der Waals surface area contributed by atoms with Crippen molar-refractivity contribution < 1.29 is 19.4 Å². The van der Waals surface area contributed by atoms with Gasteiger partial charge in [0, 0.05) is 31.9 Å². The highest BCUT2D eigenvalue weighted by Gasteiger charge is 2.58. The van der Waals surface area contributed by atoms with Crippen molar-refractivity contribution in [2.75, 3.05) is 13.7 Å². The van der Waals surface area contributed by atoms with Crippen LogP contribution in [0.2, 0.25) is 0 Å². The summed E-state index contributed by atoms with van der Waals surface area (Å²) < 4.78 is 5.26. The van der Waals surface area contributed by atoms with Gasteiger partial charge < -0.3 is 15.2 Å². The van der Waals surface area contributed by atoms with Crippen molar-refractivity contribution in [3.8, 4) is 5.75 Å². The van der Waals surface area contributed by atoms with Crippen molar-refractivity contribution in [3.05, 3.63) is 64.7 Å². The van der Waals surface area contributed by atoms with E-state index in [4.69, 9.17) is 4.74 Å². The Morgan fingerprint density at radius 1 is 1.19 bits per heavy atom. The molecule has 2 fully saturated rings. The van der Waals surface area contributed by atoms with Crippen molar-refractivity contribution in [2.24, 2.45) is 23.2 Å². The molecule has 1 amide bonds. The van der Waals surface area contributed by atoms with Crippen LogP contribution in [0.25, 0.3) is 0 Å². The van der Waals surface area contributed by atoms with E-state index in [9.17, 15) is 14.7 Å². The normalized spacial score (nSPS) is 28.3. The number of ketones is 1. The summed E-state index contributed by atoms with van der Waals surface area (Å²) >= 11 is 0. The van der Waals surface area contributed by atoms with E-state index in [1.807, 2.05) is 36.4 Å². The van der Waals surface area contributed by atoms with E-state index in [1.165, 1.54) is 11.1 Å². The number of hydrogen-bond donors (Lipinski definition) is 2. The van der Waals surface area contributed by atoms with Crippen LogP contribution < -0.4 is 5.32 Å². The molecule has 5 heteroatoms. The van der Waals surface area contributed by atoms with Gasteiger partial charge in [0.2, 0.25) is 5.91 Å². The SMILES string of the molecule is COCCc1cc2c(cc1O)CCC1C2CC[C@]2(C)C(=O)C[C@@H](CCCC(=O)NCc3ccccc3)C12. The number of nitrogens with one attached hydrogen (secondary N) is 1. The lowest BCUT2D eigenvalue weighted by molar-refractivity contribution is -0.129. The lowest BCUT2D eigenvalue weighted by atomic mass is 9.54. The van der Waals surface area contributed by atoms with E-state index < -0.39 is 0 Å². The number of carbonyl (C=O) groups excluding carboxylic acids is 2. The fraction of sp³-hybridized carbons (Fsp3) is 0.562. The Bertz CT molecular complexity index is 1130. The molecule has 2 saturated carbocycles. The maximum atomic E-state index is 13.3. The molecule has 198 valence electrons. The standard InChI is InChI=1S/C32H41NO4/c1-32-15-13-25-26(12-11-22-18-28(34)23(14-16-37-2)17-27(22)25)31(32)24(19-29(32)35)9-6-10-30(36)33-20-21-7-4-3-5-8-21/h3-5,7-8,17-18,24-26,31,34H,6,9-16,19-20H2,1-2H3,(H,33,36)/t24-,25?,26?,31?,32-/m1/s1. The maximum absolute atomic E-state index is 13.3. The number of hydrogen-bond acceptors (Lipinski definition) is 4. The first kappa shape index (κ1) is 26.0. The maximum Gasteiger partial charge on any atom is 0.220 e. The van der Waals surface area contributed by atoms with Gasteiger partial charge in [0.1, 0.15) is 11.5 Å². The van der Waals surface area contributed by atoms with E-state index in [-0.39, 0.29) is 11.3 Å². The van der Waals surface area contributed by atoms with Crippen LogP contribution in [0.5, 0.6) is 5.75 Å². The Kier molecular flexibility index (Phi) is 7.71. The number of phenols is 1. The summed E-state index contributed by atoms with van der Waals surface area (Å²) in [6.45, 7) is 3.38. The number of carbonyl (C=O) groups is 2. The average molecular weight is 504 g/mol. The molecule has 5 nitrogen and oxygen atoms in total. The van der Waals surface area contributed by atoms with Crippen molar-refractivity contribution in [1.29, 1.82) is 0 Å². The van der Waals surface area contributed by atoms with Crippen LogP contribution >= 0.6 is 0 Å². The number of amides is 1. The summed E-state index contributed by atoms with van der Waals surface area (Å²) in [6, 6.07) is 14.2. The second-order valence-electron chi connectivity index (χ2n) is 11.8. The number of aryl methyl sites for hydroxylation is 1. The van der Waals surface area contributed by atoms with Gasteiger partial charge in [-0.1, -0.05) is 43.3 Å². The molecule has 0 spiro atoms. The molecule has 0 bridgehead atoms. The summed E-state index contributed by atoms with van der Waals surface area (Å²) in [7, 11) is 1.69. The third-order valence-corrected chi connectivity index (χ3v) is 9.65. The summed E-state index contributed by atoms with van der Waals surface area (Å²) in [5.74, 6) is 2.60. The van der Waals surface area contributed by atoms with Crippen LogP contribution in [0, 0.1) is 23.2 Å². The molecule has 37 heavy (non-hydrogen) atoms. The minimum atomic E-state index is -0.227. The molecular formula is C32H41NO4. The third kappa shape index (κ3) is 5.20. The molecular weight excluding hydrogens is 462 g/mol. The van der Waals surface area contributed by atoms with Crippen LogP contribution in [0.4, 0.5) is 0 Å². The quantitative estimate of drug-likeness (QED) is 0.459. The van der Waals surface area contributed by atoms with E-state index in [0.29, 0.717) is 67.6 Å². The molecule has 2 aromatic rings. The van der Waals surface area contributed by atoms with E-state index in [0.717, 1.165) is 49.7 Å². The predicted molar refractivity (Wildman–Crippen MR) is 144 cm³/mol. The average Bonchev–Trinajstić information content (AvgIpc) is 3.16. The molecule has 5 atom stereocenters. The molecule has 0 saturated heterocycles. The Morgan fingerprint density at radius 2 is 2.00 bits per heavy atom. The van der Waals surface area contributed by atoms with Crippen LogP contribution in [-0.2, 0) is 33.7 Å². The second kappa shape index (κ2) is 11.0. The number of fused-ring (bicyclic) bond motifs is 5. The van der Waals surface area contributed by atoms with Gasteiger partial charge in [0.15, 0.2) is 0 Å². The van der Waals surface area contributed by atoms with Crippen LogP contribution in [0.15, 0.2) is 42.5 Å². The monoisotopic (exact) mass is 503 g/mol. The van der Waals surface area contributed by atoms with Gasteiger partial charge in [0.25, 0.3) is 0 Å². The highest BCUT2D eigenvalue weighted by atomic mass is 16.5. The largest absolute Gasteiger partial charge is 0.508 e.